The van der Waals surface area contributed by atoms with Gasteiger partial charge in [0.05, 0.1) is 7.11 Å². The summed E-state index contributed by atoms with van der Waals surface area (Å²) in [7, 11) is 1.39. The fraction of sp³-hybridized carbons (Fsp3) is 0.900. The maximum absolute atomic E-state index is 13.1. The number of urea groups is 1. The third-order valence-corrected chi connectivity index (χ3v) is 4.94. The minimum Gasteiger partial charge on any atom is -0.467 e. The normalized spacial score (nSPS) is 20.3. The Hall–Kier alpha value is -1.30. The van der Waals surface area contributed by atoms with Gasteiger partial charge in [-0.1, -0.05) is 26.7 Å². The molecule has 0 spiro atoms. The van der Waals surface area contributed by atoms with Gasteiger partial charge in [0.2, 0.25) is 0 Å². The van der Waals surface area contributed by atoms with Crippen molar-refractivity contribution < 1.29 is 14.3 Å². The molecule has 0 bridgehead atoms. The number of nitrogens with one attached hydrogen (secondary N) is 2. The molecule has 1 aliphatic rings. The van der Waals surface area contributed by atoms with Crippen LogP contribution in [0.3, 0.4) is 0 Å². The van der Waals surface area contributed by atoms with Crippen LogP contribution in [0.25, 0.3) is 0 Å². The molecule has 1 fully saturated rings. The summed E-state index contributed by atoms with van der Waals surface area (Å²) in [5.41, 5.74) is -1.59. The second-order valence-electron chi connectivity index (χ2n) is 8.94. The van der Waals surface area contributed by atoms with Gasteiger partial charge in [0.1, 0.15) is 5.54 Å². The first-order valence-electron chi connectivity index (χ1n) is 9.96. The molecule has 1 rings (SSSR count). The molecule has 1 saturated heterocycles. The highest BCUT2D eigenvalue weighted by atomic mass is 16.5. The first-order valence-corrected chi connectivity index (χ1v) is 9.96. The molecule has 2 N–H and O–H groups in total. The molecule has 0 aliphatic carbocycles. The van der Waals surface area contributed by atoms with Crippen molar-refractivity contribution >= 4 is 12.0 Å². The maximum Gasteiger partial charge on any atom is 0.331 e. The third kappa shape index (κ3) is 6.15. The molecule has 1 heterocycles. The van der Waals surface area contributed by atoms with Gasteiger partial charge in [-0.3, -0.25) is 0 Å². The van der Waals surface area contributed by atoms with E-state index in [0.717, 1.165) is 25.7 Å². The third-order valence-electron chi connectivity index (χ3n) is 4.94. The number of hydrogen-bond donors (Lipinski definition) is 2. The number of amides is 2. The number of methoxy groups -OCH3 is 1. The van der Waals surface area contributed by atoms with Gasteiger partial charge < -0.3 is 20.3 Å². The van der Waals surface area contributed by atoms with Crippen molar-refractivity contribution in [3.05, 3.63) is 0 Å². The van der Waals surface area contributed by atoms with Gasteiger partial charge in [-0.2, -0.15) is 0 Å². The quantitative estimate of drug-likeness (QED) is 0.643. The van der Waals surface area contributed by atoms with E-state index in [9.17, 15) is 9.59 Å². The molecule has 0 saturated carbocycles. The lowest BCUT2D eigenvalue weighted by Gasteiger charge is -2.51. The number of hydrogen-bond acceptors (Lipinski definition) is 4. The molecule has 0 radical (unpaired) electrons. The van der Waals surface area contributed by atoms with Gasteiger partial charge >= 0.3 is 12.0 Å². The van der Waals surface area contributed by atoms with Crippen LogP contribution in [0.2, 0.25) is 0 Å². The van der Waals surface area contributed by atoms with Crippen molar-refractivity contribution in [3.8, 4) is 0 Å². The van der Waals surface area contributed by atoms with E-state index >= 15 is 0 Å². The Labute approximate surface area is 159 Å². The predicted molar refractivity (Wildman–Crippen MR) is 105 cm³/mol. The zero-order chi connectivity index (χ0) is 20.0. The molecule has 6 nitrogen and oxygen atoms in total. The van der Waals surface area contributed by atoms with Gasteiger partial charge in [0.15, 0.2) is 0 Å². The molecule has 0 aromatic rings. The maximum atomic E-state index is 13.1. The standard InChI is InChI=1S/C20H39N3O3/c1-8-10-12-23(13-11-9-2)17(25)21-20(16(24)26-7)14-18(3,4)22-19(5,6)15-20/h22H,8-15H2,1-7H3,(H,21,25). The lowest BCUT2D eigenvalue weighted by Crippen LogP contribution is -2.71. The van der Waals surface area contributed by atoms with Crippen LogP contribution in [0, 0.1) is 0 Å². The number of rotatable bonds is 8. The van der Waals surface area contributed by atoms with E-state index in [0.29, 0.717) is 25.9 Å². The van der Waals surface area contributed by atoms with E-state index in [1.807, 2.05) is 4.90 Å². The average Bonchev–Trinajstić information content (AvgIpc) is 2.50. The van der Waals surface area contributed by atoms with E-state index in [4.69, 9.17) is 4.74 Å². The van der Waals surface area contributed by atoms with E-state index in [1.54, 1.807) is 0 Å². The van der Waals surface area contributed by atoms with Crippen LogP contribution in [-0.2, 0) is 9.53 Å². The van der Waals surface area contributed by atoms with Crippen molar-refractivity contribution in [2.24, 2.45) is 0 Å². The van der Waals surface area contributed by atoms with Gasteiger partial charge in [-0.25, -0.2) is 9.59 Å². The van der Waals surface area contributed by atoms with Gasteiger partial charge in [0, 0.05) is 24.2 Å². The molecular weight excluding hydrogens is 330 g/mol. The summed E-state index contributed by atoms with van der Waals surface area (Å²) in [6.07, 6.45) is 4.97. The zero-order valence-electron chi connectivity index (χ0n) is 17.8. The highest BCUT2D eigenvalue weighted by Gasteiger charge is 2.53. The Morgan fingerprint density at radius 1 is 1.00 bits per heavy atom. The van der Waals surface area contributed by atoms with Crippen LogP contribution >= 0.6 is 0 Å². The van der Waals surface area contributed by atoms with Crippen LogP contribution in [0.1, 0.15) is 80.1 Å². The van der Waals surface area contributed by atoms with Crippen LogP contribution in [0.15, 0.2) is 0 Å². The minimum atomic E-state index is -1.01. The molecule has 26 heavy (non-hydrogen) atoms. The Balaban J connectivity index is 3.08. The molecule has 0 aromatic carbocycles. The van der Waals surface area contributed by atoms with Crippen molar-refractivity contribution in [3.63, 3.8) is 0 Å². The van der Waals surface area contributed by atoms with E-state index in [-0.39, 0.29) is 23.1 Å². The van der Waals surface area contributed by atoms with E-state index in [2.05, 4.69) is 52.2 Å². The highest BCUT2D eigenvalue weighted by Crippen LogP contribution is 2.37. The number of carbonyl (C=O) groups is 2. The van der Waals surface area contributed by atoms with Gasteiger partial charge in [0.25, 0.3) is 0 Å². The summed E-state index contributed by atoms with van der Waals surface area (Å²) < 4.78 is 5.12. The largest absolute Gasteiger partial charge is 0.467 e. The Bertz CT molecular complexity index is 465. The van der Waals surface area contributed by atoms with Crippen molar-refractivity contribution in [1.82, 2.24) is 15.5 Å². The number of carbonyl (C=O) groups excluding carboxylic acids is 2. The van der Waals surface area contributed by atoms with E-state index < -0.39 is 5.54 Å². The van der Waals surface area contributed by atoms with E-state index in [1.165, 1.54) is 7.11 Å². The summed E-state index contributed by atoms with van der Waals surface area (Å²) in [5, 5.41) is 6.65. The molecule has 2 amide bonds. The molecule has 0 unspecified atom stereocenters. The molecule has 1 aliphatic heterocycles. The Kier molecular flexibility index (Phi) is 7.93. The topological polar surface area (TPSA) is 70.7 Å². The average molecular weight is 370 g/mol. The molecule has 6 heteroatoms. The number of esters is 1. The number of piperidine rings is 1. The van der Waals surface area contributed by atoms with Crippen molar-refractivity contribution in [1.29, 1.82) is 0 Å². The zero-order valence-corrected chi connectivity index (χ0v) is 17.8. The number of ether oxygens (including phenoxy) is 1. The van der Waals surface area contributed by atoms with Crippen LogP contribution < -0.4 is 10.6 Å². The highest BCUT2D eigenvalue weighted by molar-refractivity contribution is 5.88. The predicted octanol–water partition coefficient (Wildman–Crippen LogP) is 3.45. The van der Waals surface area contributed by atoms with Crippen LogP contribution in [-0.4, -0.2) is 53.7 Å². The Morgan fingerprint density at radius 2 is 1.46 bits per heavy atom. The molecule has 0 aromatic heterocycles. The smallest absolute Gasteiger partial charge is 0.331 e. The molecule has 0 atom stereocenters. The first-order chi connectivity index (χ1) is 12.0. The first kappa shape index (κ1) is 22.7. The summed E-state index contributed by atoms with van der Waals surface area (Å²) in [6, 6.07) is -0.161. The van der Waals surface area contributed by atoms with Crippen LogP contribution in [0.5, 0.6) is 0 Å². The molecular formula is C20H39N3O3. The van der Waals surface area contributed by atoms with Crippen molar-refractivity contribution in [2.75, 3.05) is 20.2 Å². The lowest BCUT2D eigenvalue weighted by molar-refractivity contribution is -0.152. The monoisotopic (exact) mass is 369 g/mol. The van der Waals surface area contributed by atoms with Gasteiger partial charge in [-0.05, 0) is 53.4 Å². The summed E-state index contributed by atoms with van der Waals surface area (Å²) in [4.78, 5) is 27.7. The minimum absolute atomic E-state index is 0.161. The fourth-order valence-electron chi connectivity index (χ4n) is 4.35. The molecule has 152 valence electrons. The summed E-state index contributed by atoms with van der Waals surface area (Å²) >= 11 is 0. The summed E-state index contributed by atoms with van der Waals surface area (Å²) in [6.45, 7) is 13.9. The van der Waals surface area contributed by atoms with Crippen LogP contribution in [0.4, 0.5) is 4.79 Å². The second kappa shape index (κ2) is 9.07. The lowest BCUT2D eigenvalue weighted by atomic mass is 9.70. The van der Waals surface area contributed by atoms with Crippen molar-refractivity contribution in [2.45, 2.75) is 96.7 Å². The SMILES string of the molecule is CCCCN(CCCC)C(=O)NC1(C(=O)OC)CC(C)(C)NC(C)(C)C1. The van der Waals surface area contributed by atoms with Gasteiger partial charge in [-0.15, -0.1) is 0 Å². The number of nitrogens with zero attached hydrogens (tertiary/aromatic N) is 1. The Morgan fingerprint density at radius 3 is 1.85 bits per heavy atom. The summed E-state index contributed by atoms with van der Waals surface area (Å²) in [5.74, 6) is -0.362. The second-order valence-corrected chi connectivity index (χ2v) is 8.94. The fourth-order valence-corrected chi connectivity index (χ4v) is 4.35. The number of unbranched alkanes of at least 4 members (excludes halogenated alkanes) is 2.